The Hall–Kier alpha value is -2.12. The van der Waals surface area contributed by atoms with Crippen molar-refractivity contribution in [3.63, 3.8) is 0 Å². The van der Waals surface area contributed by atoms with Crippen molar-refractivity contribution in [1.82, 2.24) is 4.13 Å². The van der Waals surface area contributed by atoms with Crippen LogP contribution in [0, 0.1) is 0 Å². The number of sulfonamides is 2. The van der Waals surface area contributed by atoms with E-state index in [1.807, 2.05) is 13.8 Å². The molecule has 5 nitrogen and oxygen atoms in total. The van der Waals surface area contributed by atoms with Gasteiger partial charge < -0.3 is 0 Å². The van der Waals surface area contributed by atoms with Crippen LogP contribution in [0.1, 0.15) is 87.1 Å². The highest BCUT2D eigenvalue weighted by Gasteiger charge is 2.39. The fraction of sp³-hybridized carbons (Fsp3) is 0.478. The molecule has 0 heterocycles. The van der Waals surface area contributed by atoms with Crippen LogP contribution in [0.5, 0.6) is 0 Å². The Balaban J connectivity index is 2.79. The summed E-state index contributed by atoms with van der Waals surface area (Å²) in [4.78, 5) is -1.85. The van der Waals surface area contributed by atoms with E-state index in [1.165, 1.54) is 4.13 Å². The van der Waals surface area contributed by atoms with Crippen LogP contribution in [0.4, 0.5) is 26.3 Å². The Morgan fingerprint density at radius 1 is 0.611 bits per heavy atom. The maximum absolute atomic E-state index is 13.4. The summed E-state index contributed by atoms with van der Waals surface area (Å²) in [5, 5.41) is 0. The molecule has 13 heteroatoms. The summed E-state index contributed by atoms with van der Waals surface area (Å²) in [5.41, 5.74) is -2.44. The average molecular weight is 560 g/mol. The molecule has 1 N–H and O–H groups in total. The van der Waals surface area contributed by atoms with Crippen LogP contribution in [0.3, 0.4) is 0 Å². The van der Waals surface area contributed by atoms with Gasteiger partial charge in [0.1, 0.15) is 0 Å². The van der Waals surface area contributed by atoms with Crippen LogP contribution in [0.15, 0.2) is 40.1 Å². The molecule has 0 spiro atoms. The fourth-order valence-corrected chi connectivity index (χ4v) is 7.16. The number of nitrogens with one attached hydrogen (secondary N) is 1. The molecule has 0 aliphatic carbocycles. The van der Waals surface area contributed by atoms with Crippen molar-refractivity contribution in [1.29, 1.82) is 0 Å². The normalized spacial score (nSPS) is 13.8. The van der Waals surface area contributed by atoms with Crippen LogP contribution in [0.25, 0.3) is 0 Å². The molecule has 0 aliphatic rings. The monoisotopic (exact) mass is 559 g/mol. The first kappa shape index (κ1) is 30.1. The second-order valence-electron chi connectivity index (χ2n) is 9.32. The van der Waals surface area contributed by atoms with Crippen molar-refractivity contribution in [3.8, 4) is 0 Å². The second kappa shape index (κ2) is 9.97. The van der Waals surface area contributed by atoms with E-state index in [-0.39, 0.29) is 40.1 Å². The predicted molar refractivity (Wildman–Crippen MR) is 123 cm³/mol. The van der Waals surface area contributed by atoms with Crippen LogP contribution in [-0.2, 0) is 32.4 Å². The summed E-state index contributed by atoms with van der Waals surface area (Å²) in [5.74, 6) is -0.805. The summed E-state index contributed by atoms with van der Waals surface area (Å²) in [7, 11) is -10.3. The Labute approximate surface area is 207 Å². The minimum Gasteiger partial charge on any atom is -0.206 e. The quantitative estimate of drug-likeness (QED) is 0.380. The van der Waals surface area contributed by atoms with Gasteiger partial charge >= 0.3 is 12.4 Å². The molecular weight excluding hydrogens is 532 g/mol. The molecule has 0 saturated heterocycles. The number of halogens is 6. The molecule has 0 amide bonds. The second-order valence-corrected chi connectivity index (χ2v) is 12.9. The third-order valence-electron chi connectivity index (χ3n) is 5.44. The molecule has 0 bridgehead atoms. The van der Waals surface area contributed by atoms with E-state index < -0.39 is 60.3 Å². The first-order chi connectivity index (χ1) is 16.1. The summed E-state index contributed by atoms with van der Waals surface area (Å²) < 4.78 is 133. The van der Waals surface area contributed by atoms with Gasteiger partial charge in [0.2, 0.25) is 0 Å². The lowest BCUT2D eigenvalue weighted by atomic mass is 9.89. The van der Waals surface area contributed by atoms with Gasteiger partial charge in [0.05, 0.1) is 20.9 Å². The molecule has 0 aliphatic heterocycles. The third-order valence-corrected chi connectivity index (χ3v) is 9.06. The number of hydrogen-bond acceptors (Lipinski definition) is 4. The predicted octanol–water partition coefficient (Wildman–Crippen LogP) is 6.76. The number of rotatable bonds is 7. The van der Waals surface area contributed by atoms with Gasteiger partial charge in [-0.25, -0.2) is 16.8 Å². The highest BCUT2D eigenvalue weighted by atomic mass is 32.3. The molecule has 0 aromatic heterocycles. The number of benzene rings is 2. The van der Waals surface area contributed by atoms with E-state index >= 15 is 0 Å². The molecule has 0 unspecified atom stereocenters. The fourth-order valence-electron chi connectivity index (χ4n) is 3.52. The van der Waals surface area contributed by atoms with Gasteiger partial charge in [-0.1, -0.05) is 53.7 Å². The van der Waals surface area contributed by atoms with Gasteiger partial charge in [0, 0.05) is 0 Å². The highest BCUT2D eigenvalue weighted by molar-refractivity contribution is 8.04. The zero-order chi connectivity index (χ0) is 28.0. The molecule has 0 radical (unpaired) electrons. The van der Waals surface area contributed by atoms with Crippen molar-refractivity contribution in [3.05, 3.63) is 58.1 Å². The van der Waals surface area contributed by atoms with Gasteiger partial charge in [-0.2, -0.15) is 26.3 Å². The standard InChI is InChI=1S/C23H27F6NO4S2/c1-12(2)15-7-19(13(3)4)21(20(8-15)14(5)6)36(33,34)30-35(31,32)18-10-16(22(24,25)26)9-17(11-18)23(27,28)29/h7-14,30H,1-6H3. The van der Waals surface area contributed by atoms with Crippen LogP contribution >= 0.6 is 0 Å². The summed E-state index contributed by atoms with van der Waals surface area (Å²) in [6.07, 6.45) is -10.6. The molecule has 2 aromatic carbocycles. The zero-order valence-electron chi connectivity index (χ0n) is 20.3. The number of alkyl halides is 6. The smallest absolute Gasteiger partial charge is 0.206 e. The molecule has 36 heavy (non-hydrogen) atoms. The van der Waals surface area contributed by atoms with Gasteiger partial charge in [-0.3, -0.25) is 0 Å². The van der Waals surface area contributed by atoms with Crippen molar-refractivity contribution in [2.45, 2.75) is 81.4 Å². The molecule has 202 valence electrons. The van der Waals surface area contributed by atoms with Crippen molar-refractivity contribution in [2.24, 2.45) is 0 Å². The first-order valence-corrected chi connectivity index (χ1v) is 13.8. The summed E-state index contributed by atoms with van der Waals surface area (Å²) >= 11 is 0. The van der Waals surface area contributed by atoms with Gasteiger partial charge in [0.15, 0.2) is 0 Å². The van der Waals surface area contributed by atoms with Crippen molar-refractivity contribution in [2.75, 3.05) is 0 Å². The minimum absolute atomic E-state index is 0.000608. The molecule has 0 fully saturated rings. The lowest BCUT2D eigenvalue weighted by Crippen LogP contribution is -2.33. The maximum Gasteiger partial charge on any atom is 0.416 e. The number of hydrogen-bond donors (Lipinski definition) is 1. The van der Waals surface area contributed by atoms with Crippen molar-refractivity contribution < 1.29 is 43.2 Å². The SMILES string of the molecule is CC(C)c1cc(C(C)C)c(S(=O)(=O)NS(=O)(=O)c2cc(C(F)(F)F)cc(C(F)(F)F)c2)c(C(C)C)c1. The van der Waals surface area contributed by atoms with Crippen molar-refractivity contribution >= 4 is 20.0 Å². The minimum atomic E-state index is -5.38. The van der Waals surface area contributed by atoms with E-state index in [0.29, 0.717) is 0 Å². The van der Waals surface area contributed by atoms with Gasteiger partial charge in [0.25, 0.3) is 20.0 Å². The van der Waals surface area contributed by atoms with Crippen LogP contribution < -0.4 is 4.13 Å². The maximum atomic E-state index is 13.4. The lowest BCUT2D eigenvalue weighted by molar-refractivity contribution is -0.143. The largest absolute Gasteiger partial charge is 0.416 e. The zero-order valence-corrected chi connectivity index (χ0v) is 22.0. The molecule has 2 rings (SSSR count). The molecule has 0 atom stereocenters. The van der Waals surface area contributed by atoms with E-state index in [1.54, 1.807) is 39.8 Å². The van der Waals surface area contributed by atoms with E-state index in [9.17, 15) is 43.2 Å². The van der Waals surface area contributed by atoms with E-state index in [0.717, 1.165) is 5.56 Å². The third kappa shape index (κ3) is 6.60. The van der Waals surface area contributed by atoms with Crippen LogP contribution in [-0.4, -0.2) is 16.8 Å². The van der Waals surface area contributed by atoms with Gasteiger partial charge in [-0.05, 0) is 52.6 Å². The topological polar surface area (TPSA) is 80.3 Å². The van der Waals surface area contributed by atoms with Gasteiger partial charge in [-0.15, -0.1) is 4.13 Å². The first-order valence-electron chi connectivity index (χ1n) is 10.8. The van der Waals surface area contributed by atoms with E-state index in [2.05, 4.69) is 0 Å². The molecule has 0 saturated carbocycles. The van der Waals surface area contributed by atoms with Crippen LogP contribution in [0.2, 0.25) is 0 Å². The molecule has 2 aromatic rings. The Morgan fingerprint density at radius 3 is 1.31 bits per heavy atom. The molecular formula is C23H27F6NO4S2. The van der Waals surface area contributed by atoms with E-state index in [4.69, 9.17) is 0 Å². The Kier molecular flexibility index (Phi) is 8.34. The lowest BCUT2D eigenvalue weighted by Gasteiger charge is -2.23. The summed E-state index contributed by atoms with van der Waals surface area (Å²) in [6, 6.07) is 2.89. The Morgan fingerprint density at radius 2 is 1.00 bits per heavy atom. The average Bonchev–Trinajstić information content (AvgIpc) is 2.70. The summed E-state index contributed by atoms with van der Waals surface area (Å²) in [6.45, 7) is 10.5. The Bertz CT molecular complexity index is 1280. The highest BCUT2D eigenvalue weighted by Crippen LogP contribution is 2.38.